The molecule has 0 fully saturated rings. The van der Waals surface area contributed by atoms with Gasteiger partial charge in [0.2, 0.25) is 0 Å². The van der Waals surface area contributed by atoms with Crippen LogP contribution in [0.2, 0.25) is 0 Å². The number of ketones is 1. The number of hydrogen-bond donors (Lipinski definition) is 0. The highest BCUT2D eigenvalue weighted by molar-refractivity contribution is 8.00. The van der Waals surface area contributed by atoms with E-state index in [4.69, 9.17) is 14.5 Å². The molecule has 0 amide bonds. The number of pyridine rings is 1. The maximum atomic E-state index is 12.8. The van der Waals surface area contributed by atoms with Crippen LogP contribution in [0.1, 0.15) is 10.4 Å². The van der Waals surface area contributed by atoms with Crippen LogP contribution in [0, 0.1) is 0 Å². The maximum absolute atomic E-state index is 12.8. The topological polar surface area (TPSA) is 74.2 Å². The van der Waals surface area contributed by atoms with Crippen LogP contribution in [0.15, 0.2) is 59.9 Å². The molecule has 0 bridgehead atoms. The van der Waals surface area contributed by atoms with Gasteiger partial charge in [-0.05, 0) is 30.3 Å². The Balaban J connectivity index is 1.32. The van der Waals surface area contributed by atoms with Crippen molar-refractivity contribution in [1.29, 1.82) is 0 Å². The lowest BCUT2D eigenvalue weighted by Crippen LogP contribution is -2.16. The Bertz CT molecular complexity index is 1480. The van der Waals surface area contributed by atoms with Gasteiger partial charge in [0.15, 0.2) is 17.3 Å². The molecule has 0 saturated heterocycles. The highest BCUT2D eigenvalue weighted by atomic mass is 32.2. The van der Waals surface area contributed by atoms with E-state index >= 15 is 0 Å². The monoisotopic (exact) mass is 445 g/mol. The van der Waals surface area contributed by atoms with Crippen molar-refractivity contribution in [3.05, 3.63) is 60.4 Å². The first-order valence-electron chi connectivity index (χ1n) is 9.75. The van der Waals surface area contributed by atoms with Gasteiger partial charge in [-0.3, -0.25) is 4.79 Å². The number of nitrogens with zero attached hydrogens (tertiary/aromatic N) is 3. The van der Waals surface area contributed by atoms with Crippen LogP contribution in [0.3, 0.4) is 0 Å². The van der Waals surface area contributed by atoms with E-state index in [2.05, 4.69) is 16.0 Å². The lowest BCUT2D eigenvalue weighted by molar-refractivity contribution is 0.102. The van der Waals surface area contributed by atoms with Crippen LogP contribution in [0.4, 0.5) is 0 Å². The number of Topliss-reactive ketones (excluding diaryl/α,β-unsaturated/α-hetero) is 1. The fraction of sp³-hybridized carbons (Fsp3) is 0.130. The molecule has 5 aromatic rings. The number of para-hydroxylation sites is 1. The normalized spacial score (nSPS) is 13.2. The minimum absolute atomic E-state index is 0.0127. The number of thiophene rings is 1. The van der Waals surface area contributed by atoms with Crippen molar-refractivity contribution < 1.29 is 14.3 Å². The number of rotatable bonds is 4. The summed E-state index contributed by atoms with van der Waals surface area (Å²) in [5.41, 5.74) is 2.44. The molecule has 3 aromatic heterocycles. The smallest absolute Gasteiger partial charge is 0.173 e. The van der Waals surface area contributed by atoms with E-state index in [-0.39, 0.29) is 11.5 Å². The second kappa shape index (κ2) is 7.47. The first kappa shape index (κ1) is 18.5. The quantitative estimate of drug-likeness (QED) is 0.215. The molecule has 31 heavy (non-hydrogen) atoms. The van der Waals surface area contributed by atoms with Crippen molar-refractivity contribution in [2.24, 2.45) is 0 Å². The zero-order valence-corrected chi connectivity index (χ0v) is 17.8. The zero-order chi connectivity index (χ0) is 20.8. The van der Waals surface area contributed by atoms with Crippen molar-refractivity contribution in [1.82, 2.24) is 15.0 Å². The highest BCUT2D eigenvalue weighted by Gasteiger charge is 2.17. The van der Waals surface area contributed by atoms with Crippen LogP contribution >= 0.6 is 23.1 Å². The number of benzene rings is 2. The van der Waals surface area contributed by atoms with Crippen molar-refractivity contribution >= 4 is 60.2 Å². The number of carbonyl (C=O) groups is 1. The van der Waals surface area contributed by atoms with Gasteiger partial charge in [0.25, 0.3) is 0 Å². The van der Waals surface area contributed by atoms with Crippen molar-refractivity contribution in [2.45, 2.75) is 5.03 Å². The number of thioether (sulfide) groups is 1. The first-order chi connectivity index (χ1) is 15.3. The number of ether oxygens (including phenoxy) is 2. The number of hydrogen-bond acceptors (Lipinski definition) is 8. The van der Waals surface area contributed by atoms with Gasteiger partial charge >= 0.3 is 0 Å². The molecule has 4 heterocycles. The predicted molar refractivity (Wildman–Crippen MR) is 123 cm³/mol. The molecule has 0 radical (unpaired) electrons. The van der Waals surface area contributed by atoms with Crippen LogP contribution in [0.5, 0.6) is 11.5 Å². The summed E-state index contributed by atoms with van der Waals surface area (Å²) in [5, 5.41) is 2.89. The summed E-state index contributed by atoms with van der Waals surface area (Å²) in [6, 6.07) is 15.5. The summed E-state index contributed by atoms with van der Waals surface area (Å²) in [4.78, 5) is 27.5. The predicted octanol–water partition coefficient (Wildman–Crippen LogP) is 5.14. The highest BCUT2D eigenvalue weighted by Crippen LogP contribution is 2.38. The molecule has 6 nitrogen and oxygen atoms in total. The third kappa shape index (κ3) is 3.28. The number of carbonyl (C=O) groups excluding carboxylic acids is 1. The van der Waals surface area contributed by atoms with E-state index in [0.29, 0.717) is 30.3 Å². The third-order valence-electron chi connectivity index (χ3n) is 5.12. The molecule has 0 aliphatic carbocycles. The standard InChI is InChI=1S/C23H15N3O3S2/c27-17(14-5-6-18-19(10-14)29-8-7-28-18)11-30-23-21-20(24-12-25-23)15-9-13-3-1-2-4-16(13)26-22(15)31-21/h1-6,9-10,12H,7-8,11H2. The Hall–Kier alpha value is -3.23. The first-order valence-corrected chi connectivity index (χ1v) is 11.5. The Morgan fingerprint density at radius 3 is 2.84 bits per heavy atom. The second-order valence-corrected chi connectivity index (χ2v) is 9.03. The second-order valence-electron chi connectivity index (χ2n) is 7.06. The number of aromatic nitrogens is 3. The van der Waals surface area contributed by atoms with E-state index < -0.39 is 0 Å². The van der Waals surface area contributed by atoms with E-state index in [1.54, 1.807) is 35.9 Å². The minimum Gasteiger partial charge on any atom is -0.486 e. The fourth-order valence-corrected chi connectivity index (χ4v) is 5.71. The van der Waals surface area contributed by atoms with Gasteiger partial charge in [0.05, 0.1) is 21.5 Å². The lowest BCUT2D eigenvalue weighted by atomic mass is 10.1. The maximum Gasteiger partial charge on any atom is 0.173 e. The molecule has 0 spiro atoms. The summed E-state index contributed by atoms with van der Waals surface area (Å²) in [6.45, 7) is 1.02. The van der Waals surface area contributed by atoms with Gasteiger partial charge < -0.3 is 9.47 Å². The van der Waals surface area contributed by atoms with Gasteiger partial charge in [-0.15, -0.1) is 11.3 Å². The van der Waals surface area contributed by atoms with E-state index in [1.165, 1.54) is 11.8 Å². The van der Waals surface area contributed by atoms with Gasteiger partial charge in [0.1, 0.15) is 29.4 Å². The van der Waals surface area contributed by atoms with Gasteiger partial charge in [-0.25, -0.2) is 15.0 Å². The fourth-order valence-electron chi connectivity index (χ4n) is 3.62. The molecule has 0 saturated carbocycles. The van der Waals surface area contributed by atoms with Crippen LogP contribution in [-0.2, 0) is 0 Å². The SMILES string of the molecule is O=C(CSc1ncnc2c1sc1nc3ccccc3cc12)c1ccc2c(c1)OCCO2. The Labute approximate surface area is 185 Å². The molecular weight excluding hydrogens is 430 g/mol. The molecule has 0 N–H and O–H groups in total. The molecule has 0 atom stereocenters. The van der Waals surface area contributed by atoms with Gasteiger partial charge in [-0.1, -0.05) is 30.0 Å². The molecule has 6 rings (SSSR count). The Morgan fingerprint density at radius 1 is 1.03 bits per heavy atom. The molecule has 2 aromatic carbocycles. The average molecular weight is 446 g/mol. The van der Waals surface area contributed by atoms with Crippen LogP contribution in [-0.4, -0.2) is 39.7 Å². The average Bonchev–Trinajstić information content (AvgIpc) is 3.18. The van der Waals surface area contributed by atoms with E-state index in [0.717, 1.165) is 36.4 Å². The Kier molecular flexibility index (Phi) is 4.47. The van der Waals surface area contributed by atoms with Gasteiger partial charge in [0, 0.05) is 16.3 Å². The summed E-state index contributed by atoms with van der Waals surface area (Å²) in [5.74, 6) is 1.58. The largest absolute Gasteiger partial charge is 0.486 e. The summed E-state index contributed by atoms with van der Waals surface area (Å²) in [7, 11) is 0. The van der Waals surface area contributed by atoms with Crippen LogP contribution in [0.25, 0.3) is 31.3 Å². The molecule has 1 aliphatic heterocycles. The molecule has 0 unspecified atom stereocenters. The van der Waals surface area contributed by atoms with Gasteiger partial charge in [-0.2, -0.15) is 0 Å². The van der Waals surface area contributed by atoms with E-state index in [1.807, 2.05) is 24.3 Å². The summed E-state index contributed by atoms with van der Waals surface area (Å²) >= 11 is 2.98. The molecular formula is C23H15N3O3S2. The Morgan fingerprint density at radius 2 is 1.90 bits per heavy atom. The van der Waals surface area contributed by atoms with E-state index in [9.17, 15) is 4.79 Å². The number of fused-ring (bicyclic) bond motifs is 5. The zero-order valence-electron chi connectivity index (χ0n) is 16.2. The minimum atomic E-state index is 0.0127. The van der Waals surface area contributed by atoms with Crippen LogP contribution < -0.4 is 9.47 Å². The third-order valence-corrected chi connectivity index (χ3v) is 7.33. The molecule has 152 valence electrons. The van der Waals surface area contributed by atoms with Crippen molar-refractivity contribution in [3.63, 3.8) is 0 Å². The summed E-state index contributed by atoms with van der Waals surface area (Å²) < 4.78 is 12.1. The molecule has 8 heteroatoms. The molecule has 1 aliphatic rings. The van der Waals surface area contributed by atoms with Crippen molar-refractivity contribution in [3.8, 4) is 11.5 Å². The summed E-state index contributed by atoms with van der Waals surface area (Å²) in [6.07, 6.45) is 1.56. The van der Waals surface area contributed by atoms with Crippen molar-refractivity contribution in [2.75, 3.05) is 19.0 Å². The lowest BCUT2D eigenvalue weighted by Gasteiger charge is -2.18.